The van der Waals surface area contributed by atoms with Crippen molar-refractivity contribution in [1.29, 1.82) is 5.41 Å². The van der Waals surface area contributed by atoms with Crippen LogP contribution in [0.25, 0.3) is 0 Å². The van der Waals surface area contributed by atoms with E-state index in [4.69, 9.17) is 10.1 Å². The van der Waals surface area contributed by atoms with Gasteiger partial charge in [-0.3, -0.25) is 15.5 Å². The molecule has 4 aliphatic rings. The second kappa shape index (κ2) is 7.78. The third-order valence-corrected chi connectivity index (χ3v) is 7.13. The predicted molar refractivity (Wildman–Crippen MR) is 117 cm³/mol. The molecule has 4 saturated carbocycles. The number of ether oxygens (including phenoxy) is 1. The van der Waals surface area contributed by atoms with E-state index >= 15 is 0 Å². The zero-order chi connectivity index (χ0) is 20.6. The molecule has 2 aromatic rings. The minimum absolute atomic E-state index is 0.0434. The Labute approximate surface area is 177 Å². The summed E-state index contributed by atoms with van der Waals surface area (Å²) in [6.45, 7) is 0.518. The van der Waals surface area contributed by atoms with Crippen LogP contribution in [0.3, 0.4) is 0 Å². The fourth-order valence-corrected chi connectivity index (χ4v) is 6.19. The molecule has 0 radical (unpaired) electrons. The molecule has 0 saturated heterocycles. The standard InChI is InChI=1S/C25H29N3O2/c26-24(28-23(29)25-13-18-10-19(14-25)12-20(11-18)15-25)27-21-6-8-22(9-7-21)30-16-17-4-2-1-3-5-17/h1-9,18-20H,10-16H2,(H3,26,27,28,29). The van der Waals surface area contributed by atoms with Crippen LogP contribution in [0.4, 0.5) is 5.69 Å². The molecular weight excluding hydrogens is 374 g/mol. The van der Waals surface area contributed by atoms with Crippen molar-refractivity contribution in [1.82, 2.24) is 5.32 Å². The monoisotopic (exact) mass is 403 g/mol. The Kier molecular flexibility index (Phi) is 4.97. The Morgan fingerprint density at radius 2 is 1.53 bits per heavy atom. The molecule has 156 valence electrons. The second-order valence-electron chi connectivity index (χ2n) is 9.45. The number of hydrogen-bond acceptors (Lipinski definition) is 3. The summed E-state index contributed by atoms with van der Waals surface area (Å²) in [4.78, 5) is 13.1. The van der Waals surface area contributed by atoms with Gasteiger partial charge in [0.25, 0.3) is 0 Å². The Morgan fingerprint density at radius 1 is 0.933 bits per heavy atom. The van der Waals surface area contributed by atoms with Crippen LogP contribution in [0.2, 0.25) is 0 Å². The zero-order valence-electron chi connectivity index (χ0n) is 17.2. The topological polar surface area (TPSA) is 74.2 Å². The number of nitrogens with one attached hydrogen (secondary N) is 3. The molecule has 4 bridgehead atoms. The highest BCUT2D eigenvalue weighted by atomic mass is 16.5. The van der Waals surface area contributed by atoms with Crippen LogP contribution in [0, 0.1) is 28.6 Å². The zero-order valence-corrected chi connectivity index (χ0v) is 17.2. The molecule has 0 unspecified atom stereocenters. The lowest BCUT2D eigenvalue weighted by Crippen LogP contribution is -2.55. The molecule has 30 heavy (non-hydrogen) atoms. The first kappa shape index (κ1) is 19.2. The summed E-state index contributed by atoms with van der Waals surface area (Å²) in [6.07, 6.45) is 6.94. The van der Waals surface area contributed by atoms with Gasteiger partial charge in [0.1, 0.15) is 12.4 Å². The molecule has 2 aromatic carbocycles. The van der Waals surface area contributed by atoms with Crippen molar-refractivity contribution in [2.75, 3.05) is 5.32 Å². The van der Waals surface area contributed by atoms with Gasteiger partial charge in [0.2, 0.25) is 5.91 Å². The third-order valence-electron chi connectivity index (χ3n) is 7.13. The van der Waals surface area contributed by atoms with Gasteiger partial charge in [-0.1, -0.05) is 30.3 Å². The number of rotatable bonds is 5. The molecule has 3 N–H and O–H groups in total. The third kappa shape index (κ3) is 3.93. The van der Waals surface area contributed by atoms with E-state index in [0.29, 0.717) is 24.4 Å². The van der Waals surface area contributed by atoms with Gasteiger partial charge >= 0.3 is 0 Å². The van der Waals surface area contributed by atoms with E-state index in [1.165, 1.54) is 19.3 Å². The van der Waals surface area contributed by atoms with E-state index in [0.717, 1.165) is 36.3 Å². The van der Waals surface area contributed by atoms with E-state index in [1.54, 1.807) is 0 Å². The summed E-state index contributed by atoms with van der Waals surface area (Å²) < 4.78 is 5.80. The first-order valence-corrected chi connectivity index (χ1v) is 11.0. The lowest BCUT2D eigenvalue weighted by Gasteiger charge is -2.55. The first-order valence-electron chi connectivity index (χ1n) is 11.0. The SMILES string of the molecule is N=C(NC(=O)C12CC3CC(CC(C3)C1)C2)Nc1ccc(OCc2ccccc2)cc1. The molecule has 0 heterocycles. The van der Waals surface area contributed by atoms with Crippen LogP contribution < -0.4 is 15.4 Å². The van der Waals surface area contributed by atoms with Crippen molar-refractivity contribution in [3.05, 3.63) is 60.2 Å². The Balaban J connectivity index is 1.14. The lowest BCUT2D eigenvalue weighted by atomic mass is 9.49. The molecule has 4 fully saturated rings. The average molecular weight is 404 g/mol. The van der Waals surface area contributed by atoms with Gasteiger partial charge in [-0.05, 0) is 86.1 Å². The number of carbonyl (C=O) groups is 1. The van der Waals surface area contributed by atoms with Gasteiger partial charge in [-0.2, -0.15) is 0 Å². The number of hydrogen-bond donors (Lipinski definition) is 3. The minimum atomic E-state index is -0.238. The second-order valence-corrected chi connectivity index (χ2v) is 9.45. The fraction of sp³-hybridized carbons (Fsp3) is 0.440. The summed E-state index contributed by atoms with van der Waals surface area (Å²) in [7, 11) is 0. The highest BCUT2D eigenvalue weighted by Gasteiger charge is 2.54. The fourth-order valence-electron chi connectivity index (χ4n) is 6.19. The molecule has 4 aliphatic carbocycles. The highest BCUT2D eigenvalue weighted by Crippen LogP contribution is 2.60. The lowest BCUT2D eigenvalue weighted by molar-refractivity contribution is -0.144. The van der Waals surface area contributed by atoms with Gasteiger partial charge in [-0.25, -0.2) is 0 Å². The molecule has 5 nitrogen and oxygen atoms in total. The van der Waals surface area contributed by atoms with Crippen LogP contribution in [0.15, 0.2) is 54.6 Å². The van der Waals surface area contributed by atoms with E-state index in [-0.39, 0.29) is 17.3 Å². The van der Waals surface area contributed by atoms with Crippen LogP contribution in [0.1, 0.15) is 44.1 Å². The van der Waals surface area contributed by atoms with Gasteiger partial charge in [0.15, 0.2) is 5.96 Å². The number of guanidine groups is 1. The molecule has 0 aromatic heterocycles. The summed E-state index contributed by atoms with van der Waals surface area (Å²) in [5.41, 5.74) is 1.64. The summed E-state index contributed by atoms with van der Waals surface area (Å²) in [5, 5.41) is 14.1. The van der Waals surface area contributed by atoms with Crippen molar-refractivity contribution in [2.45, 2.75) is 45.1 Å². The van der Waals surface area contributed by atoms with Crippen LogP contribution in [0.5, 0.6) is 5.75 Å². The van der Waals surface area contributed by atoms with Crippen LogP contribution in [-0.2, 0) is 11.4 Å². The molecule has 0 aliphatic heterocycles. The van der Waals surface area contributed by atoms with E-state index < -0.39 is 0 Å². The maximum absolute atomic E-state index is 13.1. The summed E-state index contributed by atoms with van der Waals surface area (Å²) >= 11 is 0. The Hall–Kier alpha value is -2.82. The summed E-state index contributed by atoms with van der Waals surface area (Å²) in [5.74, 6) is 3.01. The number of benzene rings is 2. The molecule has 0 atom stereocenters. The maximum Gasteiger partial charge on any atom is 0.232 e. The molecular formula is C25H29N3O2. The van der Waals surface area contributed by atoms with Crippen molar-refractivity contribution < 1.29 is 9.53 Å². The molecule has 1 amide bonds. The van der Waals surface area contributed by atoms with Crippen LogP contribution in [-0.4, -0.2) is 11.9 Å². The Morgan fingerprint density at radius 3 is 2.13 bits per heavy atom. The number of carbonyl (C=O) groups excluding carboxylic acids is 1. The first-order chi connectivity index (χ1) is 14.6. The van der Waals surface area contributed by atoms with Gasteiger partial charge in [-0.15, -0.1) is 0 Å². The van der Waals surface area contributed by atoms with E-state index in [2.05, 4.69) is 10.6 Å². The maximum atomic E-state index is 13.1. The quantitative estimate of drug-likeness (QED) is 0.489. The van der Waals surface area contributed by atoms with Gasteiger partial charge in [0.05, 0.1) is 5.41 Å². The highest BCUT2D eigenvalue weighted by molar-refractivity contribution is 6.04. The van der Waals surface area contributed by atoms with Crippen molar-refractivity contribution in [2.24, 2.45) is 23.2 Å². The average Bonchev–Trinajstić information content (AvgIpc) is 2.73. The number of amides is 1. The van der Waals surface area contributed by atoms with E-state index in [9.17, 15) is 4.79 Å². The van der Waals surface area contributed by atoms with E-state index in [1.807, 2.05) is 54.6 Å². The van der Waals surface area contributed by atoms with Crippen molar-refractivity contribution >= 4 is 17.6 Å². The van der Waals surface area contributed by atoms with Crippen LogP contribution >= 0.6 is 0 Å². The molecule has 5 heteroatoms. The Bertz CT molecular complexity index is 888. The normalized spacial score (nSPS) is 28.7. The summed E-state index contributed by atoms with van der Waals surface area (Å²) in [6, 6.07) is 17.5. The smallest absolute Gasteiger partial charge is 0.232 e. The van der Waals surface area contributed by atoms with Crippen molar-refractivity contribution in [3.8, 4) is 5.75 Å². The molecule has 6 rings (SSSR count). The van der Waals surface area contributed by atoms with Crippen molar-refractivity contribution in [3.63, 3.8) is 0 Å². The predicted octanol–water partition coefficient (Wildman–Crippen LogP) is 4.94. The number of anilines is 1. The largest absolute Gasteiger partial charge is 0.489 e. The minimum Gasteiger partial charge on any atom is -0.489 e. The molecule has 0 spiro atoms. The van der Waals surface area contributed by atoms with Gasteiger partial charge < -0.3 is 10.1 Å². The van der Waals surface area contributed by atoms with Gasteiger partial charge in [0, 0.05) is 5.69 Å².